The fraction of sp³-hybridized carbons (Fsp3) is 0.333. The molecule has 0 atom stereocenters. The number of hydrogen-bond donors (Lipinski definition) is 2. The van der Waals surface area contributed by atoms with Gasteiger partial charge in [0.1, 0.15) is 5.82 Å². The van der Waals surface area contributed by atoms with E-state index in [-0.39, 0.29) is 24.9 Å². The normalized spacial score (nSPS) is 14.3. The van der Waals surface area contributed by atoms with Crippen molar-refractivity contribution in [2.45, 2.75) is 32.9 Å². The maximum atomic E-state index is 13.0. The van der Waals surface area contributed by atoms with E-state index in [9.17, 15) is 14.0 Å². The minimum atomic E-state index is -0.488. The molecule has 3 rings (SSSR count). The quantitative estimate of drug-likeness (QED) is 0.851. The Morgan fingerprint density at radius 3 is 2.58 bits per heavy atom. The van der Waals surface area contributed by atoms with E-state index >= 15 is 0 Å². The average molecular weight is 382 g/mol. The highest BCUT2D eigenvalue weighted by atomic mass is 35.5. The van der Waals surface area contributed by atoms with Gasteiger partial charge in [-0.25, -0.2) is 9.18 Å². The van der Waals surface area contributed by atoms with Gasteiger partial charge in [-0.05, 0) is 45.0 Å². The number of fused-ring (bicyclic) bond motifs is 1. The molecule has 1 aromatic carbocycles. The molecule has 1 aliphatic heterocycles. The van der Waals surface area contributed by atoms with Gasteiger partial charge in [-0.3, -0.25) is 9.36 Å². The van der Waals surface area contributed by atoms with Crippen molar-refractivity contribution in [1.82, 2.24) is 9.88 Å². The minimum Gasteiger partial charge on any atom is -0.449 e. The number of carbonyl (C=O) groups excluding carboxylic acids is 2. The number of halogens is 2. The van der Waals surface area contributed by atoms with E-state index in [1.165, 1.54) is 28.8 Å². The molecule has 1 aliphatic rings. The fourth-order valence-electron chi connectivity index (χ4n) is 3.04. The van der Waals surface area contributed by atoms with Crippen LogP contribution in [-0.4, -0.2) is 23.2 Å². The molecule has 0 radical (unpaired) electrons. The smallest absolute Gasteiger partial charge is 0.418 e. The van der Waals surface area contributed by atoms with Crippen molar-refractivity contribution < 1.29 is 18.7 Å². The molecule has 2 heterocycles. The Kier molecular flexibility index (Phi) is 5.73. The third kappa shape index (κ3) is 3.59. The van der Waals surface area contributed by atoms with Crippen LogP contribution in [0, 0.1) is 5.82 Å². The van der Waals surface area contributed by atoms with Gasteiger partial charge in [0.25, 0.3) is 5.91 Å². The first kappa shape index (κ1) is 19.9. The molecular formula is C18H21ClFN3O3. The number of rotatable bonds is 3. The summed E-state index contributed by atoms with van der Waals surface area (Å²) in [5, 5.41) is 6.11. The molecule has 2 aromatic rings. The van der Waals surface area contributed by atoms with E-state index in [0.29, 0.717) is 17.8 Å². The van der Waals surface area contributed by atoms with Gasteiger partial charge in [-0.15, -0.1) is 12.4 Å². The first-order chi connectivity index (χ1) is 11.8. The minimum absolute atomic E-state index is 0. The summed E-state index contributed by atoms with van der Waals surface area (Å²) in [7, 11) is 0. The molecule has 0 bridgehead atoms. The van der Waals surface area contributed by atoms with Crippen LogP contribution in [-0.2, 0) is 16.8 Å². The van der Waals surface area contributed by atoms with E-state index in [4.69, 9.17) is 4.74 Å². The third-order valence-corrected chi connectivity index (χ3v) is 4.23. The Hall–Kier alpha value is -2.38. The lowest BCUT2D eigenvalue weighted by atomic mass is 10.0. The van der Waals surface area contributed by atoms with Gasteiger partial charge >= 0.3 is 6.09 Å². The molecule has 6 nitrogen and oxygen atoms in total. The Morgan fingerprint density at radius 2 is 1.96 bits per heavy atom. The molecule has 26 heavy (non-hydrogen) atoms. The highest BCUT2D eigenvalue weighted by Crippen LogP contribution is 2.37. The van der Waals surface area contributed by atoms with Crippen molar-refractivity contribution in [3.05, 3.63) is 53.1 Å². The number of hydrogen-bond acceptors (Lipinski definition) is 4. The fourth-order valence-corrected chi connectivity index (χ4v) is 3.04. The zero-order valence-electron chi connectivity index (χ0n) is 14.8. The predicted molar refractivity (Wildman–Crippen MR) is 98.3 cm³/mol. The number of nitrogens with one attached hydrogen (secondary N) is 2. The summed E-state index contributed by atoms with van der Waals surface area (Å²) in [4.78, 5) is 24.7. The number of amides is 1. The number of anilines is 1. The molecular weight excluding hydrogens is 361 g/mol. The molecule has 0 saturated heterocycles. The highest BCUT2D eigenvalue weighted by Gasteiger charge is 2.37. The largest absolute Gasteiger partial charge is 0.449 e. The van der Waals surface area contributed by atoms with E-state index in [2.05, 4.69) is 10.6 Å². The lowest BCUT2D eigenvalue weighted by molar-refractivity contribution is 0.102. The van der Waals surface area contributed by atoms with Crippen LogP contribution >= 0.6 is 12.4 Å². The summed E-state index contributed by atoms with van der Waals surface area (Å²) < 4.78 is 19.5. The van der Waals surface area contributed by atoms with Crippen molar-refractivity contribution >= 4 is 30.1 Å². The molecule has 0 unspecified atom stereocenters. The van der Waals surface area contributed by atoms with Crippen LogP contribution in [0.2, 0.25) is 0 Å². The second kappa shape index (κ2) is 7.47. The van der Waals surface area contributed by atoms with Crippen LogP contribution in [0.1, 0.15) is 42.4 Å². The average Bonchev–Trinajstić information content (AvgIpc) is 3.07. The number of nitrogens with zero attached hydrogens (tertiary/aromatic N) is 1. The zero-order chi connectivity index (χ0) is 18.2. The number of aromatic nitrogens is 1. The molecule has 1 aromatic heterocycles. The second-order valence-electron chi connectivity index (χ2n) is 6.38. The van der Waals surface area contributed by atoms with Gasteiger partial charge in [0.15, 0.2) is 0 Å². The maximum Gasteiger partial charge on any atom is 0.418 e. The van der Waals surface area contributed by atoms with Crippen LogP contribution in [0.5, 0.6) is 0 Å². The topological polar surface area (TPSA) is 72.4 Å². The lowest BCUT2D eigenvalue weighted by Crippen LogP contribution is -2.33. The van der Waals surface area contributed by atoms with Gasteiger partial charge in [0.2, 0.25) is 0 Å². The van der Waals surface area contributed by atoms with Crippen molar-refractivity contribution in [2.24, 2.45) is 0 Å². The van der Waals surface area contributed by atoms with Crippen molar-refractivity contribution in [2.75, 3.05) is 11.9 Å². The summed E-state index contributed by atoms with van der Waals surface area (Å²) in [6, 6.07) is 5.28. The number of carbonyl (C=O) groups is 2. The summed E-state index contributed by atoms with van der Waals surface area (Å²) in [6.07, 6.45) is 1.09. The Balaban J connectivity index is 0.00000243. The molecule has 0 fully saturated rings. The SMILES string of the molecule is CCOC(=O)n1cc(NC(=O)c2ccc(F)cc2)c2c1C(C)(C)NC2.Cl. The second-order valence-corrected chi connectivity index (χ2v) is 6.38. The summed E-state index contributed by atoms with van der Waals surface area (Å²) in [5.74, 6) is -0.773. The molecule has 8 heteroatoms. The molecule has 0 aliphatic carbocycles. The molecule has 0 saturated carbocycles. The van der Waals surface area contributed by atoms with E-state index in [1.807, 2.05) is 13.8 Å². The van der Waals surface area contributed by atoms with Crippen LogP contribution in [0.4, 0.5) is 14.9 Å². The molecule has 1 amide bonds. The Labute approximate surface area is 157 Å². The number of benzene rings is 1. The van der Waals surface area contributed by atoms with Gasteiger partial charge in [-0.2, -0.15) is 0 Å². The Bertz CT molecular complexity index is 831. The lowest BCUT2D eigenvalue weighted by Gasteiger charge is -2.21. The monoisotopic (exact) mass is 381 g/mol. The molecule has 2 N–H and O–H groups in total. The van der Waals surface area contributed by atoms with Crippen LogP contribution in [0.3, 0.4) is 0 Å². The molecule has 140 valence electrons. The van der Waals surface area contributed by atoms with E-state index in [1.54, 1.807) is 13.1 Å². The molecule has 0 spiro atoms. The maximum absolute atomic E-state index is 13.0. The first-order valence-corrected chi connectivity index (χ1v) is 8.07. The zero-order valence-corrected chi connectivity index (χ0v) is 15.6. The Morgan fingerprint density at radius 1 is 1.31 bits per heavy atom. The van der Waals surface area contributed by atoms with E-state index < -0.39 is 17.4 Å². The van der Waals surface area contributed by atoms with Gasteiger partial charge in [-0.1, -0.05) is 0 Å². The van der Waals surface area contributed by atoms with Gasteiger partial charge in [0.05, 0.1) is 23.5 Å². The van der Waals surface area contributed by atoms with Crippen LogP contribution in [0.25, 0.3) is 0 Å². The van der Waals surface area contributed by atoms with Crippen molar-refractivity contribution in [3.8, 4) is 0 Å². The van der Waals surface area contributed by atoms with Gasteiger partial charge in [0, 0.05) is 23.9 Å². The standard InChI is InChI=1S/C18H20FN3O3.ClH/c1-4-25-17(24)22-10-14(13-9-20-18(2,3)15(13)22)21-16(23)11-5-7-12(19)8-6-11;/h5-8,10,20H,4,9H2,1-3H3,(H,21,23);1H. The summed E-state index contributed by atoms with van der Waals surface area (Å²) in [5.41, 5.74) is 2.05. The van der Waals surface area contributed by atoms with Crippen molar-refractivity contribution in [3.63, 3.8) is 0 Å². The third-order valence-electron chi connectivity index (χ3n) is 4.23. The summed E-state index contributed by atoms with van der Waals surface area (Å²) >= 11 is 0. The van der Waals surface area contributed by atoms with Crippen LogP contribution in [0.15, 0.2) is 30.5 Å². The van der Waals surface area contributed by atoms with Crippen LogP contribution < -0.4 is 10.6 Å². The van der Waals surface area contributed by atoms with Gasteiger partial charge < -0.3 is 15.4 Å². The van der Waals surface area contributed by atoms with E-state index in [0.717, 1.165) is 11.3 Å². The van der Waals surface area contributed by atoms with Crippen molar-refractivity contribution in [1.29, 1.82) is 0 Å². The summed E-state index contributed by atoms with van der Waals surface area (Å²) in [6.45, 7) is 6.44. The number of ether oxygens (including phenoxy) is 1. The highest BCUT2D eigenvalue weighted by molar-refractivity contribution is 6.05. The predicted octanol–water partition coefficient (Wildman–Crippen LogP) is 3.64. The first-order valence-electron chi connectivity index (χ1n) is 8.07.